The number of alkyl halides is 2. The largest absolute Gasteiger partial charge is 0.316 e. The van der Waals surface area contributed by atoms with E-state index >= 15 is 0 Å². The van der Waals surface area contributed by atoms with E-state index in [2.05, 4.69) is 5.32 Å². The van der Waals surface area contributed by atoms with E-state index in [1.54, 1.807) is 18.2 Å². The van der Waals surface area contributed by atoms with Crippen LogP contribution < -0.4 is 5.32 Å². The Morgan fingerprint density at radius 1 is 1.24 bits per heavy atom. The van der Waals surface area contributed by atoms with Gasteiger partial charge < -0.3 is 5.32 Å². The Kier molecular flexibility index (Phi) is 3.36. The Morgan fingerprint density at radius 2 is 1.82 bits per heavy atom. The summed E-state index contributed by atoms with van der Waals surface area (Å²) < 4.78 is 27.8. The Labute approximate surface area is 109 Å². The van der Waals surface area contributed by atoms with Crippen molar-refractivity contribution in [1.82, 2.24) is 5.32 Å². The van der Waals surface area contributed by atoms with Gasteiger partial charge in [-0.3, -0.25) is 0 Å². The highest BCUT2D eigenvalue weighted by molar-refractivity contribution is 6.34. The summed E-state index contributed by atoms with van der Waals surface area (Å²) in [6.07, 6.45) is 0.382. The molecular weight excluding hydrogens is 267 g/mol. The number of rotatable bonds is 2. The molecule has 0 amide bonds. The van der Waals surface area contributed by atoms with E-state index < -0.39 is 11.3 Å². The molecule has 0 bridgehead atoms. The summed E-state index contributed by atoms with van der Waals surface area (Å²) in [6, 6.07) is 4.71. The molecule has 17 heavy (non-hydrogen) atoms. The number of hydrogen-bond acceptors (Lipinski definition) is 1. The highest BCUT2D eigenvalue weighted by atomic mass is 35.5. The minimum atomic E-state index is -2.81. The zero-order chi connectivity index (χ0) is 12.7. The smallest absolute Gasteiger partial charge is 0.256 e. The van der Waals surface area contributed by atoms with Gasteiger partial charge in [0.2, 0.25) is 0 Å². The molecule has 0 aliphatic carbocycles. The first kappa shape index (κ1) is 13.1. The van der Waals surface area contributed by atoms with Crippen LogP contribution in [-0.4, -0.2) is 19.0 Å². The Balaban J connectivity index is 2.53. The van der Waals surface area contributed by atoms with Crippen molar-refractivity contribution in [1.29, 1.82) is 0 Å². The molecule has 0 spiro atoms. The minimum absolute atomic E-state index is 0.243. The maximum absolute atomic E-state index is 13.9. The Bertz CT molecular complexity index is 403. The summed E-state index contributed by atoms with van der Waals surface area (Å²) >= 11 is 11.8. The van der Waals surface area contributed by atoms with Crippen molar-refractivity contribution in [3.8, 4) is 0 Å². The lowest BCUT2D eigenvalue weighted by atomic mass is 9.75. The molecule has 2 rings (SSSR count). The molecule has 94 valence electrons. The predicted molar refractivity (Wildman–Crippen MR) is 66.2 cm³/mol. The fourth-order valence-electron chi connectivity index (χ4n) is 2.40. The van der Waals surface area contributed by atoms with Gasteiger partial charge in [0.05, 0.1) is 5.41 Å². The Hall–Kier alpha value is -0.380. The summed E-state index contributed by atoms with van der Waals surface area (Å²) in [5.74, 6) is -2.81. The number of benzene rings is 1. The molecule has 1 aromatic rings. The second-order valence-corrected chi connectivity index (χ2v) is 5.43. The standard InChI is InChI=1S/C12H13Cl2F2N/c1-11(15,16)12(2-3-17-7-12)8-4-9(13)6-10(14)5-8/h4-6,17H,2-3,7H2,1H3. The minimum Gasteiger partial charge on any atom is -0.316 e. The molecule has 1 atom stereocenters. The van der Waals surface area contributed by atoms with Crippen molar-refractivity contribution in [2.75, 3.05) is 13.1 Å². The van der Waals surface area contributed by atoms with Crippen molar-refractivity contribution >= 4 is 23.2 Å². The van der Waals surface area contributed by atoms with Crippen molar-refractivity contribution in [3.63, 3.8) is 0 Å². The van der Waals surface area contributed by atoms with E-state index in [1.165, 1.54) is 0 Å². The zero-order valence-electron chi connectivity index (χ0n) is 9.37. The molecule has 1 aromatic carbocycles. The molecule has 1 N–H and O–H groups in total. The SMILES string of the molecule is CC(F)(F)C1(c2cc(Cl)cc(Cl)c2)CCNC1. The molecule has 1 nitrogen and oxygen atoms in total. The third kappa shape index (κ3) is 2.28. The second kappa shape index (κ2) is 4.38. The van der Waals surface area contributed by atoms with Crippen LogP contribution in [0.5, 0.6) is 0 Å². The van der Waals surface area contributed by atoms with Crippen LogP contribution in [0.1, 0.15) is 18.9 Å². The average Bonchev–Trinajstić information content (AvgIpc) is 2.64. The lowest BCUT2D eigenvalue weighted by Crippen LogP contribution is -2.45. The molecule has 1 aliphatic rings. The van der Waals surface area contributed by atoms with Crippen LogP contribution in [-0.2, 0) is 5.41 Å². The molecule has 0 aromatic heterocycles. The van der Waals surface area contributed by atoms with Gasteiger partial charge in [0.15, 0.2) is 0 Å². The van der Waals surface area contributed by atoms with Crippen LogP contribution in [0, 0.1) is 0 Å². The van der Waals surface area contributed by atoms with Gasteiger partial charge in [0, 0.05) is 23.5 Å². The normalized spacial score (nSPS) is 25.2. The van der Waals surface area contributed by atoms with E-state index in [9.17, 15) is 8.78 Å². The first-order chi connectivity index (χ1) is 7.85. The van der Waals surface area contributed by atoms with Gasteiger partial charge in [-0.25, -0.2) is 8.78 Å². The topological polar surface area (TPSA) is 12.0 Å². The van der Waals surface area contributed by atoms with Crippen molar-refractivity contribution in [2.24, 2.45) is 0 Å². The van der Waals surface area contributed by atoms with E-state index in [1.807, 2.05) is 0 Å². The van der Waals surface area contributed by atoms with Gasteiger partial charge >= 0.3 is 0 Å². The molecular formula is C12H13Cl2F2N. The van der Waals surface area contributed by atoms with Crippen LogP contribution in [0.25, 0.3) is 0 Å². The highest BCUT2D eigenvalue weighted by Crippen LogP contribution is 2.45. The molecule has 1 heterocycles. The monoisotopic (exact) mass is 279 g/mol. The van der Waals surface area contributed by atoms with Crippen LogP contribution in [0.4, 0.5) is 8.78 Å². The fourth-order valence-corrected chi connectivity index (χ4v) is 2.92. The van der Waals surface area contributed by atoms with Gasteiger partial charge in [-0.15, -0.1) is 0 Å². The van der Waals surface area contributed by atoms with E-state index in [0.29, 0.717) is 28.6 Å². The quantitative estimate of drug-likeness (QED) is 0.866. The van der Waals surface area contributed by atoms with Crippen molar-refractivity contribution in [3.05, 3.63) is 33.8 Å². The first-order valence-corrected chi connectivity index (χ1v) is 6.16. The van der Waals surface area contributed by atoms with Crippen LogP contribution in [0.3, 0.4) is 0 Å². The predicted octanol–water partition coefficient (Wildman–Crippen LogP) is 3.88. The average molecular weight is 280 g/mol. The second-order valence-electron chi connectivity index (χ2n) is 4.56. The summed E-state index contributed by atoms with van der Waals surface area (Å²) in [6.45, 7) is 1.77. The summed E-state index contributed by atoms with van der Waals surface area (Å²) in [7, 11) is 0. The van der Waals surface area contributed by atoms with Gasteiger partial charge in [-0.05, 0) is 36.7 Å². The molecule has 5 heteroatoms. The van der Waals surface area contributed by atoms with Gasteiger partial charge in [-0.2, -0.15) is 0 Å². The van der Waals surface area contributed by atoms with Gasteiger partial charge in [-0.1, -0.05) is 23.2 Å². The molecule has 0 saturated carbocycles. The highest BCUT2D eigenvalue weighted by Gasteiger charge is 2.52. The summed E-state index contributed by atoms with van der Waals surface area (Å²) in [5, 5.41) is 3.77. The van der Waals surface area contributed by atoms with E-state index in [-0.39, 0.29) is 6.54 Å². The van der Waals surface area contributed by atoms with Crippen LogP contribution in [0.2, 0.25) is 10.0 Å². The third-order valence-electron chi connectivity index (χ3n) is 3.41. The van der Waals surface area contributed by atoms with Gasteiger partial charge in [0.25, 0.3) is 5.92 Å². The maximum Gasteiger partial charge on any atom is 0.256 e. The van der Waals surface area contributed by atoms with E-state index in [0.717, 1.165) is 6.92 Å². The van der Waals surface area contributed by atoms with Crippen LogP contribution >= 0.6 is 23.2 Å². The van der Waals surface area contributed by atoms with Crippen molar-refractivity contribution in [2.45, 2.75) is 24.7 Å². The Morgan fingerprint density at radius 3 is 2.24 bits per heavy atom. The molecule has 0 radical (unpaired) electrons. The molecule has 1 saturated heterocycles. The van der Waals surface area contributed by atoms with E-state index in [4.69, 9.17) is 23.2 Å². The molecule has 1 fully saturated rings. The summed E-state index contributed by atoms with van der Waals surface area (Å²) in [5.41, 5.74) is -0.700. The first-order valence-electron chi connectivity index (χ1n) is 5.40. The third-order valence-corrected chi connectivity index (χ3v) is 3.85. The fraction of sp³-hybridized carbons (Fsp3) is 0.500. The molecule has 1 aliphatic heterocycles. The van der Waals surface area contributed by atoms with Gasteiger partial charge in [0.1, 0.15) is 0 Å². The lowest BCUT2D eigenvalue weighted by Gasteiger charge is -2.35. The number of hydrogen-bond donors (Lipinski definition) is 1. The van der Waals surface area contributed by atoms with Crippen LogP contribution in [0.15, 0.2) is 18.2 Å². The number of nitrogens with one attached hydrogen (secondary N) is 1. The zero-order valence-corrected chi connectivity index (χ0v) is 10.9. The maximum atomic E-state index is 13.9. The lowest BCUT2D eigenvalue weighted by molar-refractivity contribution is -0.0540. The van der Waals surface area contributed by atoms with Crippen molar-refractivity contribution < 1.29 is 8.78 Å². The number of halogens is 4. The molecule has 1 unspecified atom stereocenters. The summed E-state index contributed by atoms with van der Waals surface area (Å²) in [4.78, 5) is 0.